The lowest BCUT2D eigenvalue weighted by Crippen LogP contribution is -2.28. The molecule has 0 saturated heterocycles. The van der Waals surface area contributed by atoms with Crippen molar-refractivity contribution >= 4 is 77.3 Å². The number of thiophene rings is 2. The van der Waals surface area contributed by atoms with Gasteiger partial charge in [0.25, 0.3) is 5.56 Å². The normalized spacial score (nSPS) is 11.0. The Morgan fingerprint density at radius 3 is 2.39 bits per heavy atom. The number of fused-ring (bicyclic) bond motifs is 1. The summed E-state index contributed by atoms with van der Waals surface area (Å²) in [7, 11) is 0. The predicted octanol–water partition coefficient (Wildman–Crippen LogP) is 7.08. The molecule has 0 aliphatic carbocycles. The van der Waals surface area contributed by atoms with Crippen LogP contribution in [-0.4, -0.2) is 28.0 Å². The van der Waals surface area contributed by atoms with Gasteiger partial charge in [-0.25, -0.2) is 9.78 Å². The van der Waals surface area contributed by atoms with Crippen LogP contribution in [0, 0.1) is 0 Å². The van der Waals surface area contributed by atoms with Crippen LogP contribution in [-0.2, 0) is 16.1 Å². The molecule has 1 N–H and O–H groups in total. The molecule has 0 spiro atoms. The van der Waals surface area contributed by atoms with Gasteiger partial charge >= 0.3 is 5.97 Å². The molecule has 0 aliphatic heterocycles. The second-order valence-corrected chi connectivity index (χ2v) is 11.2. The number of hydrogen-bond donors (Lipinski definition) is 1. The molecule has 3 aromatic heterocycles. The Labute approximate surface area is 238 Å². The van der Waals surface area contributed by atoms with Gasteiger partial charge in [0.2, 0.25) is 5.91 Å². The van der Waals surface area contributed by atoms with Crippen LogP contribution in [0.3, 0.4) is 0 Å². The first-order valence-corrected chi connectivity index (χ1v) is 14.4. The fourth-order valence-corrected chi connectivity index (χ4v) is 6.21. The smallest absolute Gasteiger partial charge is 0.341 e. The van der Waals surface area contributed by atoms with E-state index in [0.29, 0.717) is 25.8 Å². The highest BCUT2D eigenvalue weighted by atomic mass is 79.9. The quantitative estimate of drug-likeness (QED) is 0.195. The van der Waals surface area contributed by atoms with Crippen LogP contribution in [0.1, 0.15) is 17.3 Å². The van der Waals surface area contributed by atoms with E-state index in [0.717, 1.165) is 21.2 Å². The van der Waals surface area contributed by atoms with Crippen molar-refractivity contribution in [2.75, 3.05) is 11.9 Å². The SMILES string of the molecule is CCOC(=O)c1c(-c2ccc(Cl)cc2)csc1NC(=O)Cn1cnc2scc(-c3ccc(Br)cc3)c2c1=O. The number of aromatic nitrogens is 2. The molecule has 0 fully saturated rings. The zero-order chi connectivity index (χ0) is 26.8. The third-order valence-electron chi connectivity index (χ3n) is 5.71. The molecule has 0 atom stereocenters. The Balaban J connectivity index is 1.44. The lowest BCUT2D eigenvalue weighted by atomic mass is 10.0. The molecule has 3 heterocycles. The average Bonchev–Trinajstić information content (AvgIpc) is 3.52. The van der Waals surface area contributed by atoms with Crippen LogP contribution < -0.4 is 10.9 Å². The van der Waals surface area contributed by atoms with Gasteiger partial charge in [0.15, 0.2) is 0 Å². The molecular formula is C27H19BrClN3O4S2. The first-order chi connectivity index (χ1) is 18.4. The van der Waals surface area contributed by atoms with Crippen molar-refractivity contribution in [2.45, 2.75) is 13.5 Å². The van der Waals surface area contributed by atoms with Crippen LogP contribution in [0.25, 0.3) is 32.5 Å². The Bertz CT molecular complexity index is 1710. The molecule has 0 bridgehead atoms. The van der Waals surface area contributed by atoms with E-state index in [4.69, 9.17) is 16.3 Å². The summed E-state index contributed by atoms with van der Waals surface area (Å²) in [6.07, 6.45) is 1.37. The maximum absolute atomic E-state index is 13.4. The highest BCUT2D eigenvalue weighted by Gasteiger charge is 2.23. The molecule has 11 heteroatoms. The second kappa shape index (κ2) is 11.2. The fraction of sp³-hybridized carbons (Fsp3) is 0.111. The summed E-state index contributed by atoms with van der Waals surface area (Å²) in [4.78, 5) is 44.3. The van der Waals surface area contributed by atoms with Crippen LogP contribution in [0.4, 0.5) is 5.00 Å². The van der Waals surface area contributed by atoms with Gasteiger partial charge in [-0.05, 0) is 42.3 Å². The number of carbonyl (C=O) groups excluding carboxylic acids is 2. The molecule has 5 aromatic rings. The minimum atomic E-state index is -0.549. The van der Waals surface area contributed by atoms with Crippen molar-refractivity contribution in [2.24, 2.45) is 0 Å². The Kier molecular flexibility index (Phi) is 7.75. The number of ether oxygens (including phenoxy) is 1. The minimum absolute atomic E-state index is 0.185. The number of nitrogens with zero attached hydrogens (tertiary/aromatic N) is 2. The van der Waals surface area contributed by atoms with E-state index in [9.17, 15) is 14.4 Å². The van der Waals surface area contributed by atoms with Gasteiger partial charge in [-0.2, -0.15) is 0 Å². The van der Waals surface area contributed by atoms with Crippen molar-refractivity contribution < 1.29 is 14.3 Å². The van der Waals surface area contributed by atoms with Crippen molar-refractivity contribution in [1.82, 2.24) is 9.55 Å². The van der Waals surface area contributed by atoms with E-state index in [1.807, 2.05) is 29.6 Å². The number of anilines is 1. The first kappa shape index (κ1) is 26.3. The summed E-state index contributed by atoms with van der Waals surface area (Å²) in [5.74, 6) is -1.02. The molecule has 7 nitrogen and oxygen atoms in total. The molecule has 0 aliphatic rings. The van der Waals surface area contributed by atoms with E-state index < -0.39 is 11.9 Å². The molecule has 1 amide bonds. The zero-order valence-electron chi connectivity index (χ0n) is 19.9. The highest BCUT2D eigenvalue weighted by molar-refractivity contribution is 9.10. The summed E-state index contributed by atoms with van der Waals surface area (Å²) in [5, 5.41) is 7.82. The minimum Gasteiger partial charge on any atom is -0.462 e. The molecule has 0 unspecified atom stereocenters. The maximum Gasteiger partial charge on any atom is 0.341 e. The van der Waals surface area contributed by atoms with Crippen LogP contribution >= 0.6 is 50.2 Å². The van der Waals surface area contributed by atoms with Crippen molar-refractivity contribution in [1.29, 1.82) is 0 Å². The number of nitrogens with one attached hydrogen (secondary N) is 1. The lowest BCUT2D eigenvalue weighted by molar-refractivity contribution is -0.116. The number of carbonyl (C=O) groups is 2. The lowest BCUT2D eigenvalue weighted by Gasteiger charge is -2.10. The largest absolute Gasteiger partial charge is 0.462 e. The highest BCUT2D eigenvalue weighted by Crippen LogP contribution is 2.37. The van der Waals surface area contributed by atoms with E-state index in [2.05, 4.69) is 26.2 Å². The third-order valence-corrected chi connectivity index (χ3v) is 8.27. The number of rotatable bonds is 7. The first-order valence-electron chi connectivity index (χ1n) is 11.4. The Morgan fingerprint density at radius 1 is 1.03 bits per heavy atom. The standard InChI is InChI=1S/C27H19BrClN3O4S2/c1-2-36-27(35)23-20(16-5-9-18(29)10-6-16)13-38-25(23)31-21(33)11-32-14-30-24-22(26(32)34)19(12-37-24)15-3-7-17(28)8-4-15/h3-10,12-14H,2,11H2,1H3,(H,31,33). The van der Waals surface area contributed by atoms with Gasteiger partial charge in [0, 0.05) is 31.4 Å². The van der Waals surface area contributed by atoms with Gasteiger partial charge in [-0.1, -0.05) is 51.8 Å². The van der Waals surface area contributed by atoms with E-state index in [-0.39, 0.29) is 24.3 Å². The number of hydrogen-bond acceptors (Lipinski definition) is 7. The van der Waals surface area contributed by atoms with Crippen LogP contribution in [0.2, 0.25) is 5.02 Å². The maximum atomic E-state index is 13.4. The molecule has 38 heavy (non-hydrogen) atoms. The molecule has 0 saturated carbocycles. The van der Waals surface area contributed by atoms with Gasteiger partial charge < -0.3 is 10.1 Å². The molecular weight excluding hydrogens is 610 g/mol. The van der Waals surface area contributed by atoms with Gasteiger partial charge in [0.05, 0.1) is 18.3 Å². The van der Waals surface area contributed by atoms with Crippen molar-refractivity contribution in [3.63, 3.8) is 0 Å². The fourth-order valence-electron chi connectivity index (χ4n) is 3.94. The summed E-state index contributed by atoms with van der Waals surface area (Å²) < 4.78 is 7.46. The summed E-state index contributed by atoms with van der Waals surface area (Å²) >= 11 is 12.0. The zero-order valence-corrected chi connectivity index (χ0v) is 23.8. The summed E-state index contributed by atoms with van der Waals surface area (Å²) in [6, 6.07) is 14.7. The summed E-state index contributed by atoms with van der Waals surface area (Å²) in [5.41, 5.74) is 2.97. The van der Waals surface area contributed by atoms with E-state index in [1.165, 1.54) is 33.6 Å². The number of benzene rings is 2. The molecule has 0 radical (unpaired) electrons. The second-order valence-electron chi connectivity index (χ2n) is 8.14. The topological polar surface area (TPSA) is 90.3 Å². The number of esters is 1. The average molecular weight is 629 g/mol. The van der Waals surface area contributed by atoms with E-state index >= 15 is 0 Å². The Morgan fingerprint density at radius 2 is 1.68 bits per heavy atom. The number of halogens is 2. The van der Waals surface area contributed by atoms with Crippen molar-refractivity contribution in [3.05, 3.63) is 91.0 Å². The van der Waals surface area contributed by atoms with E-state index in [1.54, 1.807) is 36.6 Å². The monoisotopic (exact) mass is 627 g/mol. The Hall–Kier alpha value is -3.31. The van der Waals surface area contributed by atoms with Gasteiger partial charge in [-0.3, -0.25) is 14.2 Å². The molecule has 192 valence electrons. The van der Waals surface area contributed by atoms with Crippen LogP contribution in [0.5, 0.6) is 0 Å². The van der Waals surface area contributed by atoms with Gasteiger partial charge in [0.1, 0.15) is 21.9 Å². The third kappa shape index (κ3) is 5.30. The summed E-state index contributed by atoms with van der Waals surface area (Å²) in [6.45, 7) is 1.63. The van der Waals surface area contributed by atoms with Gasteiger partial charge in [-0.15, -0.1) is 22.7 Å². The van der Waals surface area contributed by atoms with Crippen LogP contribution in [0.15, 0.2) is 74.9 Å². The molecule has 5 rings (SSSR count). The van der Waals surface area contributed by atoms with Crippen molar-refractivity contribution in [3.8, 4) is 22.3 Å². The number of amides is 1. The predicted molar refractivity (Wildman–Crippen MR) is 156 cm³/mol. The molecule has 2 aromatic carbocycles.